The quantitative estimate of drug-likeness (QED) is 0.664. The Labute approximate surface area is 128 Å². The molecule has 0 bridgehead atoms. The molecular formula is C16H21F2NOS. The molecule has 0 aromatic heterocycles. The Morgan fingerprint density at radius 1 is 1.24 bits per heavy atom. The van der Waals surface area contributed by atoms with Crippen LogP contribution in [0.2, 0.25) is 0 Å². The van der Waals surface area contributed by atoms with Gasteiger partial charge < -0.3 is 5.32 Å². The lowest BCUT2D eigenvalue weighted by Gasteiger charge is -2.19. The third-order valence-electron chi connectivity index (χ3n) is 3.77. The van der Waals surface area contributed by atoms with E-state index in [4.69, 9.17) is 0 Å². The van der Waals surface area contributed by atoms with Crippen LogP contribution in [0.5, 0.6) is 0 Å². The fraction of sp³-hybridized carbons (Fsp3) is 0.562. The van der Waals surface area contributed by atoms with Gasteiger partial charge in [0.2, 0.25) is 5.91 Å². The second-order valence-corrected chi connectivity index (χ2v) is 6.91. The summed E-state index contributed by atoms with van der Waals surface area (Å²) in [5.74, 6) is -1.08. The van der Waals surface area contributed by atoms with Gasteiger partial charge in [-0.25, -0.2) is 8.78 Å². The summed E-state index contributed by atoms with van der Waals surface area (Å²) in [4.78, 5) is 12.4. The number of hydrogen-bond donors (Lipinski definition) is 1. The molecule has 0 spiro atoms. The first-order valence-electron chi connectivity index (χ1n) is 7.48. The van der Waals surface area contributed by atoms with Crippen molar-refractivity contribution in [2.75, 3.05) is 0 Å². The minimum absolute atomic E-state index is 0.101. The minimum Gasteiger partial charge on any atom is -0.352 e. The normalized spacial score (nSPS) is 18.0. The summed E-state index contributed by atoms with van der Waals surface area (Å²) in [6, 6.07) is 3.53. The maximum atomic E-state index is 13.6. The average molecular weight is 313 g/mol. The Hall–Kier alpha value is -1.10. The van der Waals surface area contributed by atoms with E-state index in [0.29, 0.717) is 0 Å². The van der Waals surface area contributed by atoms with Crippen LogP contribution in [-0.4, -0.2) is 17.2 Å². The van der Waals surface area contributed by atoms with Crippen LogP contribution >= 0.6 is 11.8 Å². The zero-order valence-electron chi connectivity index (χ0n) is 12.2. The lowest BCUT2D eigenvalue weighted by atomic mass is 10.1. The number of carbonyl (C=O) groups is 1. The zero-order valence-corrected chi connectivity index (χ0v) is 13.0. The summed E-state index contributed by atoms with van der Waals surface area (Å²) in [5.41, 5.74) is 0. The standard InChI is InChI=1S/C16H21F2NOS/c1-11(21-15-10-12(17)8-9-14(15)18)16(20)19-13-6-4-2-3-5-7-13/h8-11,13H,2-7H2,1H3,(H,19,20)/t11-/m1/s1. The van der Waals surface area contributed by atoms with E-state index in [2.05, 4.69) is 5.32 Å². The van der Waals surface area contributed by atoms with E-state index < -0.39 is 16.9 Å². The molecule has 2 nitrogen and oxygen atoms in total. The molecule has 0 radical (unpaired) electrons. The molecule has 1 fully saturated rings. The highest BCUT2D eigenvalue weighted by atomic mass is 32.2. The summed E-state index contributed by atoms with van der Waals surface area (Å²) in [6.07, 6.45) is 6.77. The third-order valence-corrected chi connectivity index (χ3v) is 4.90. The largest absolute Gasteiger partial charge is 0.352 e. The molecular weight excluding hydrogens is 292 g/mol. The van der Waals surface area contributed by atoms with Gasteiger partial charge in [-0.3, -0.25) is 4.79 Å². The Balaban J connectivity index is 1.91. The molecule has 1 amide bonds. The van der Waals surface area contributed by atoms with Gasteiger partial charge in [-0.1, -0.05) is 25.7 Å². The highest BCUT2D eigenvalue weighted by Gasteiger charge is 2.20. The summed E-state index contributed by atoms with van der Waals surface area (Å²) < 4.78 is 26.7. The second-order valence-electron chi connectivity index (χ2n) is 5.53. The fourth-order valence-electron chi connectivity index (χ4n) is 2.55. The molecule has 0 heterocycles. The molecule has 1 saturated carbocycles. The van der Waals surface area contributed by atoms with Gasteiger partial charge >= 0.3 is 0 Å². The maximum Gasteiger partial charge on any atom is 0.233 e. The lowest BCUT2D eigenvalue weighted by molar-refractivity contribution is -0.121. The van der Waals surface area contributed by atoms with Crippen LogP contribution < -0.4 is 5.32 Å². The van der Waals surface area contributed by atoms with Gasteiger partial charge in [0.1, 0.15) is 11.6 Å². The Morgan fingerprint density at radius 2 is 1.90 bits per heavy atom. The number of carbonyl (C=O) groups excluding carboxylic acids is 1. The number of hydrogen-bond acceptors (Lipinski definition) is 2. The van der Waals surface area contributed by atoms with Crippen LogP contribution in [-0.2, 0) is 4.79 Å². The molecule has 1 aromatic rings. The van der Waals surface area contributed by atoms with Crippen molar-refractivity contribution in [2.45, 2.75) is 61.6 Å². The van der Waals surface area contributed by atoms with Crippen LogP contribution in [0.15, 0.2) is 23.1 Å². The van der Waals surface area contributed by atoms with E-state index in [1.165, 1.54) is 12.8 Å². The monoisotopic (exact) mass is 313 g/mol. The molecule has 0 aliphatic heterocycles. The topological polar surface area (TPSA) is 29.1 Å². The van der Waals surface area contributed by atoms with Crippen molar-refractivity contribution in [1.29, 1.82) is 0 Å². The number of benzene rings is 1. The molecule has 1 aliphatic carbocycles. The van der Waals surface area contributed by atoms with Crippen LogP contribution in [0.1, 0.15) is 45.4 Å². The van der Waals surface area contributed by atoms with Crippen molar-refractivity contribution in [1.82, 2.24) is 5.32 Å². The van der Waals surface area contributed by atoms with Crippen LogP contribution in [0, 0.1) is 11.6 Å². The molecule has 21 heavy (non-hydrogen) atoms. The molecule has 1 aromatic carbocycles. The van der Waals surface area contributed by atoms with Crippen LogP contribution in [0.25, 0.3) is 0 Å². The predicted octanol–water partition coefficient (Wildman–Crippen LogP) is 4.28. The number of amides is 1. The summed E-state index contributed by atoms with van der Waals surface area (Å²) >= 11 is 1.06. The lowest BCUT2D eigenvalue weighted by Crippen LogP contribution is -2.39. The van der Waals surface area contributed by atoms with Crippen molar-refractivity contribution >= 4 is 17.7 Å². The fourth-order valence-corrected chi connectivity index (χ4v) is 3.47. The molecule has 116 valence electrons. The van der Waals surface area contributed by atoms with E-state index in [1.54, 1.807) is 6.92 Å². The Kier molecular flexibility index (Phi) is 6.03. The van der Waals surface area contributed by atoms with Gasteiger partial charge in [0.25, 0.3) is 0 Å². The molecule has 0 saturated heterocycles. The number of halogens is 2. The van der Waals surface area contributed by atoms with Crippen molar-refractivity contribution in [3.05, 3.63) is 29.8 Å². The average Bonchev–Trinajstić information content (AvgIpc) is 2.71. The van der Waals surface area contributed by atoms with Crippen LogP contribution in [0.3, 0.4) is 0 Å². The maximum absolute atomic E-state index is 13.6. The molecule has 1 atom stereocenters. The molecule has 1 aliphatic rings. The first-order chi connectivity index (χ1) is 10.1. The summed E-state index contributed by atoms with van der Waals surface area (Å²) in [7, 11) is 0. The van der Waals surface area contributed by atoms with Gasteiger partial charge in [-0.2, -0.15) is 0 Å². The SMILES string of the molecule is C[C@@H](Sc1cc(F)ccc1F)C(=O)NC1CCCCCC1. The summed E-state index contributed by atoms with van der Waals surface area (Å²) in [5, 5.41) is 2.60. The van der Waals surface area contributed by atoms with Gasteiger partial charge in [0.05, 0.1) is 5.25 Å². The predicted molar refractivity (Wildman–Crippen MR) is 81.3 cm³/mol. The second kappa shape index (κ2) is 7.78. The van der Waals surface area contributed by atoms with E-state index in [-0.39, 0.29) is 16.8 Å². The third kappa shape index (κ3) is 4.99. The van der Waals surface area contributed by atoms with Gasteiger partial charge in [0, 0.05) is 10.9 Å². The van der Waals surface area contributed by atoms with E-state index in [1.807, 2.05) is 0 Å². The highest BCUT2D eigenvalue weighted by Crippen LogP contribution is 2.27. The minimum atomic E-state index is -0.490. The Bertz CT molecular complexity index is 487. The van der Waals surface area contributed by atoms with E-state index in [0.717, 1.165) is 55.6 Å². The number of nitrogens with one attached hydrogen (secondary N) is 1. The van der Waals surface area contributed by atoms with Gasteiger partial charge in [-0.15, -0.1) is 11.8 Å². The van der Waals surface area contributed by atoms with Crippen molar-refractivity contribution in [2.24, 2.45) is 0 Å². The summed E-state index contributed by atoms with van der Waals surface area (Å²) in [6.45, 7) is 1.72. The highest BCUT2D eigenvalue weighted by molar-refractivity contribution is 8.00. The smallest absolute Gasteiger partial charge is 0.233 e. The number of thioether (sulfide) groups is 1. The van der Waals surface area contributed by atoms with E-state index >= 15 is 0 Å². The van der Waals surface area contributed by atoms with Crippen molar-refractivity contribution in [3.8, 4) is 0 Å². The van der Waals surface area contributed by atoms with E-state index in [9.17, 15) is 13.6 Å². The number of rotatable bonds is 4. The van der Waals surface area contributed by atoms with Crippen molar-refractivity contribution < 1.29 is 13.6 Å². The molecule has 0 unspecified atom stereocenters. The zero-order chi connectivity index (χ0) is 15.2. The molecule has 1 N–H and O–H groups in total. The first kappa shape index (κ1) is 16.3. The van der Waals surface area contributed by atoms with Crippen LogP contribution in [0.4, 0.5) is 8.78 Å². The molecule has 5 heteroatoms. The van der Waals surface area contributed by atoms with Gasteiger partial charge in [-0.05, 0) is 38.0 Å². The van der Waals surface area contributed by atoms with Gasteiger partial charge in [0.15, 0.2) is 0 Å². The van der Waals surface area contributed by atoms with Crippen molar-refractivity contribution in [3.63, 3.8) is 0 Å². The first-order valence-corrected chi connectivity index (χ1v) is 8.36. The molecule has 2 rings (SSSR count). The Morgan fingerprint density at radius 3 is 2.57 bits per heavy atom.